The molecule has 0 bridgehead atoms. The highest BCUT2D eigenvalue weighted by Crippen LogP contribution is 2.17. The molecular weight excluding hydrogens is 214 g/mol. The normalized spacial score (nSPS) is 21.1. The van der Waals surface area contributed by atoms with Crippen molar-refractivity contribution < 1.29 is 9.90 Å². The number of likely N-dealkylation sites (tertiary alicyclic amines) is 1. The molecule has 17 heavy (non-hydrogen) atoms. The van der Waals surface area contributed by atoms with Crippen LogP contribution in [0.5, 0.6) is 0 Å². The van der Waals surface area contributed by atoms with Gasteiger partial charge in [0.2, 0.25) is 0 Å². The Kier molecular flexibility index (Phi) is 3.94. The highest BCUT2D eigenvalue weighted by molar-refractivity contribution is 5.73. The molecular formula is C14H17NO2. The number of aliphatic carboxylic acids is 1. The molecule has 1 atom stereocenters. The van der Waals surface area contributed by atoms with Crippen molar-refractivity contribution in [3.05, 3.63) is 42.0 Å². The molecule has 1 aromatic carbocycles. The number of benzene rings is 1. The van der Waals surface area contributed by atoms with Gasteiger partial charge in [-0.1, -0.05) is 42.5 Å². The Morgan fingerprint density at radius 1 is 1.41 bits per heavy atom. The molecule has 1 heterocycles. The lowest BCUT2D eigenvalue weighted by atomic mass is 10.2. The first-order valence-corrected chi connectivity index (χ1v) is 5.96. The van der Waals surface area contributed by atoms with Crippen molar-refractivity contribution in [1.82, 2.24) is 4.90 Å². The van der Waals surface area contributed by atoms with Crippen LogP contribution in [0.3, 0.4) is 0 Å². The van der Waals surface area contributed by atoms with E-state index in [4.69, 9.17) is 5.11 Å². The maximum Gasteiger partial charge on any atom is 0.320 e. The third-order valence-electron chi connectivity index (χ3n) is 3.10. The van der Waals surface area contributed by atoms with Crippen molar-refractivity contribution in [2.45, 2.75) is 18.9 Å². The Labute approximate surface area is 101 Å². The zero-order valence-electron chi connectivity index (χ0n) is 9.75. The topological polar surface area (TPSA) is 40.5 Å². The molecule has 1 N–H and O–H groups in total. The van der Waals surface area contributed by atoms with Gasteiger partial charge >= 0.3 is 5.97 Å². The van der Waals surface area contributed by atoms with Crippen LogP contribution >= 0.6 is 0 Å². The molecule has 3 nitrogen and oxygen atoms in total. The van der Waals surface area contributed by atoms with Crippen LogP contribution in [-0.2, 0) is 4.79 Å². The number of carboxylic acids is 1. The van der Waals surface area contributed by atoms with Crippen molar-refractivity contribution >= 4 is 12.0 Å². The maximum absolute atomic E-state index is 11.0. The Hall–Kier alpha value is -1.61. The minimum Gasteiger partial charge on any atom is -0.480 e. The van der Waals surface area contributed by atoms with Gasteiger partial charge in [0.05, 0.1) is 0 Å². The highest BCUT2D eigenvalue weighted by Gasteiger charge is 2.29. The molecule has 1 aliphatic rings. The zero-order chi connectivity index (χ0) is 12.1. The molecule has 0 aromatic heterocycles. The van der Waals surface area contributed by atoms with E-state index in [0.717, 1.165) is 24.9 Å². The van der Waals surface area contributed by atoms with Gasteiger partial charge in [-0.15, -0.1) is 0 Å². The van der Waals surface area contributed by atoms with Crippen LogP contribution in [0, 0.1) is 0 Å². The van der Waals surface area contributed by atoms with E-state index in [9.17, 15) is 4.79 Å². The van der Waals surface area contributed by atoms with Gasteiger partial charge in [0.1, 0.15) is 6.04 Å². The van der Waals surface area contributed by atoms with Gasteiger partial charge in [0.25, 0.3) is 0 Å². The molecule has 90 valence electrons. The standard InChI is InChI=1S/C14H17NO2/c16-14(17)13-9-5-11-15(13)10-4-8-12-6-2-1-3-7-12/h1-4,6-8,13H,5,9-11H2,(H,16,17)/b8-4+/t13-/m0/s1. The lowest BCUT2D eigenvalue weighted by Gasteiger charge is -2.18. The first kappa shape index (κ1) is 11.9. The van der Waals surface area contributed by atoms with Crippen LogP contribution in [0.2, 0.25) is 0 Å². The number of carbonyl (C=O) groups is 1. The summed E-state index contributed by atoms with van der Waals surface area (Å²) in [5, 5.41) is 9.03. The van der Waals surface area contributed by atoms with Crippen LogP contribution in [0.15, 0.2) is 36.4 Å². The summed E-state index contributed by atoms with van der Waals surface area (Å²) >= 11 is 0. The second kappa shape index (κ2) is 5.64. The smallest absolute Gasteiger partial charge is 0.320 e. The van der Waals surface area contributed by atoms with Crippen molar-refractivity contribution in [3.8, 4) is 0 Å². The molecule has 0 aliphatic carbocycles. The number of rotatable bonds is 4. The molecule has 0 saturated carbocycles. The van der Waals surface area contributed by atoms with Crippen LogP contribution in [0.4, 0.5) is 0 Å². The van der Waals surface area contributed by atoms with E-state index >= 15 is 0 Å². The molecule has 0 spiro atoms. The highest BCUT2D eigenvalue weighted by atomic mass is 16.4. The minimum absolute atomic E-state index is 0.296. The molecule has 1 fully saturated rings. The van der Waals surface area contributed by atoms with Crippen LogP contribution in [-0.4, -0.2) is 35.1 Å². The lowest BCUT2D eigenvalue weighted by molar-refractivity contribution is -0.141. The van der Waals surface area contributed by atoms with Crippen LogP contribution < -0.4 is 0 Å². The molecule has 1 aromatic rings. The molecule has 0 amide bonds. The SMILES string of the molecule is O=C(O)[C@@H]1CCCN1C/C=C/c1ccccc1. The molecule has 0 unspecified atom stereocenters. The summed E-state index contributed by atoms with van der Waals surface area (Å²) in [7, 11) is 0. The Bertz CT molecular complexity index is 400. The number of hydrogen-bond donors (Lipinski definition) is 1. The lowest BCUT2D eigenvalue weighted by Crippen LogP contribution is -2.35. The largest absolute Gasteiger partial charge is 0.480 e. The number of nitrogens with zero attached hydrogens (tertiary/aromatic N) is 1. The van der Waals surface area contributed by atoms with Gasteiger partial charge in [-0.2, -0.15) is 0 Å². The number of hydrogen-bond acceptors (Lipinski definition) is 2. The van der Waals surface area contributed by atoms with Gasteiger partial charge < -0.3 is 5.11 Å². The summed E-state index contributed by atoms with van der Waals surface area (Å²) in [5.74, 6) is -0.699. The quantitative estimate of drug-likeness (QED) is 0.864. The third kappa shape index (κ3) is 3.17. The van der Waals surface area contributed by atoms with Gasteiger partial charge in [0.15, 0.2) is 0 Å². The summed E-state index contributed by atoms with van der Waals surface area (Å²) in [6.07, 6.45) is 5.83. The zero-order valence-corrected chi connectivity index (χ0v) is 9.75. The van der Waals surface area contributed by atoms with Crippen molar-refractivity contribution in [2.24, 2.45) is 0 Å². The predicted octanol–water partition coefficient (Wildman–Crippen LogP) is 2.25. The van der Waals surface area contributed by atoms with Crippen molar-refractivity contribution in [1.29, 1.82) is 0 Å². The summed E-state index contributed by atoms with van der Waals surface area (Å²) < 4.78 is 0. The second-order valence-corrected chi connectivity index (χ2v) is 4.30. The van der Waals surface area contributed by atoms with E-state index in [1.54, 1.807) is 0 Å². The van der Waals surface area contributed by atoms with Gasteiger partial charge in [0, 0.05) is 6.54 Å². The summed E-state index contributed by atoms with van der Waals surface area (Å²) in [5.41, 5.74) is 1.15. The summed E-state index contributed by atoms with van der Waals surface area (Å²) in [6, 6.07) is 9.75. The van der Waals surface area contributed by atoms with E-state index in [-0.39, 0.29) is 6.04 Å². The minimum atomic E-state index is -0.699. The predicted molar refractivity (Wildman–Crippen MR) is 67.7 cm³/mol. The number of carboxylic acid groups (broad SMARTS) is 1. The van der Waals surface area contributed by atoms with E-state index < -0.39 is 5.97 Å². The fourth-order valence-corrected chi connectivity index (χ4v) is 2.21. The van der Waals surface area contributed by atoms with Crippen molar-refractivity contribution in [3.63, 3.8) is 0 Å². The molecule has 2 rings (SSSR count). The third-order valence-corrected chi connectivity index (χ3v) is 3.10. The van der Waals surface area contributed by atoms with Crippen LogP contribution in [0.25, 0.3) is 6.08 Å². The molecule has 1 aliphatic heterocycles. The molecule has 3 heteroatoms. The first-order valence-electron chi connectivity index (χ1n) is 5.96. The summed E-state index contributed by atoms with van der Waals surface area (Å²) in [4.78, 5) is 13.0. The fourth-order valence-electron chi connectivity index (χ4n) is 2.21. The van der Waals surface area contributed by atoms with Crippen molar-refractivity contribution in [2.75, 3.05) is 13.1 Å². The second-order valence-electron chi connectivity index (χ2n) is 4.30. The van der Waals surface area contributed by atoms with E-state index in [1.165, 1.54) is 0 Å². The average molecular weight is 231 g/mol. The Balaban J connectivity index is 1.90. The Morgan fingerprint density at radius 2 is 2.18 bits per heavy atom. The first-order chi connectivity index (χ1) is 8.27. The van der Waals surface area contributed by atoms with Gasteiger partial charge in [-0.05, 0) is 24.9 Å². The Morgan fingerprint density at radius 3 is 2.88 bits per heavy atom. The molecule has 0 radical (unpaired) electrons. The molecule has 1 saturated heterocycles. The van der Waals surface area contributed by atoms with E-state index in [0.29, 0.717) is 6.54 Å². The monoisotopic (exact) mass is 231 g/mol. The van der Waals surface area contributed by atoms with Crippen LogP contribution in [0.1, 0.15) is 18.4 Å². The van der Waals surface area contributed by atoms with E-state index in [1.807, 2.05) is 47.4 Å². The average Bonchev–Trinajstić information content (AvgIpc) is 2.79. The fraction of sp³-hybridized carbons (Fsp3) is 0.357. The van der Waals surface area contributed by atoms with E-state index in [2.05, 4.69) is 0 Å². The maximum atomic E-state index is 11.0. The van der Waals surface area contributed by atoms with Gasteiger partial charge in [-0.3, -0.25) is 9.69 Å². The van der Waals surface area contributed by atoms with Gasteiger partial charge in [-0.25, -0.2) is 0 Å². The summed E-state index contributed by atoms with van der Waals surface area (Å²) in [6.45, 7) is 1.60.